The fourth-order valence-electron chi connectivity index (χ4n) is 1.36. The molecule has 0 fully saturated rings. The highest BCUT2D eigenvalue weighted by Gasteiger charge is 2.13. The molecule has 2 rings (SSSR count). The molecule has 0 saturated carbocycles. The molecule has 1 heterocycles. The van der Waals surface area contributed by atoms with Crippen LogP contribution in [0.2, 0.25) is 0 Å². The summed E-state index contributed by atoms with van der Waals surface area (Å²) in [5.41, 5.74) is 0.512. The molecule has 0 aliphatic heterocycles. The lowest BCUT2D eigenvalue weighted by molar-refractivity contribution is 0.151. The zero-order valence-corrected chi connectivity index (χ0v) is 9.05. The molecule has 3 nitrogen and oxygen atoms in total. The average Bonchev–Trinajstić information content (AvgIpc) is 2.61. The number of phenolic OH excluding ortho intramolecular Hbond substituents is 1. The molecule has 6 heteroatoms. The molecule has 2 N–H and O–H groups in total. The van der Waals surface area contributed by atoms with E-state index >= 15 is 0 Å². The number of hydrogen-bond acceptors (Lipinski definition) is 2. The van der Waals surface area contributed by atoms with Gasteiger partial charge in [0.2, 0.25) is 0 Å². The Balaban J connectivity index is 2.65. The second-order valence-corrected chi connectivity index (χ2v) is 3.61. The highest BCUT2D eigenvalue weighted by Crippen LogP contribution is 2.29. The van der Waals surface area contributed by atoms with Crippen molar-refractivity contribution in [3.05, 3.63) is 23.5 Å². The van der Waals surface area contributed by atoms with Gasteiger partial charge in [0.25, 0.3) is 6.43 Å². The third-order valence-electron chi connectivity index (χ3n) is 2.02. The second-order valence-electron chi connectivity index (χ2n) is 3.05. The summed E-state index contributed by atoms with van der Waals surface area (Å²) in [7, 11) is 0. The number of nitrogens with one attached hydrogen (secondary N) is 1. The predicted molar refractivity (Wildman–Crippen MR) is 55.3 cm³/mol. The van der Waals surface area contributed by atoms with Crippen LogP contribution in [0.3, 0.4) is 0 Å². The molecule has 2 aromatic rings. The van der Waals surface area contributed by atoms with Crippen molar-refractivity contribution in [2.75, 3.05) is 0 Å². The predicted octanol–water partition coefficient (Wildman–Crippen LogP) is 3.10. The highest BCUT2D eigenvalue weighted by molar-refractivity contribution is 9.08. The van der Waals surface area contributed by atoms with Crippen molar-refractivity contribution < 1.29 is 13.9 Å². The minimum Gasteiger partial charge on any atom is -0.506 e. The van der Waals surface area contributed by atoms with Gasteiger partial charge in [-0.25, -0.2) is 13.8 Å². The maximum absolute atomic E-state index is 12.4. The number of hydrogen-bond donors (Lipinski definition) is 2. The zero-order chi connectivity index (χ0) is 11.0. The Hall–Kier alpha value is -1.17. The number of H-pyrrole nitrogens is 1. The molecule has 0 saturated heterocycles. The van der Waals surface area contributed by atoms with E-state index in [1.54, 1.807) is 0 Å². The van der Waals surface area contributed by atoms with Crippen molar-refractivity contribution in [3.8, 4) is 5.75 Å². The van der Waals surface area contributed by atoms with Gasteiger partial charge in [0.05, 0.1) is 10.8 Å². The van der Waals surface area contributed by atoms with Gasteiger partial charge in [0.15, 0.2) is 0 Å². The number of aromatic nitrogens is 2. The SMILES string of the molecule is Oc1cc(C(F)F)cc2[nH]c(CBr)nc12. The number of benzene rings is 1. The zero-order valence-electron chi connectivity index (χ0n) is 7.47. The van der Waals surface area contributed by atoms with Crippen molar-refractivity contribution in [2.24, 2.45) is 0 Å². The monoisotopic (exact) mass is 276 g/mol. The van der Waals surface area contributed by atoms with E-state index in [1.807, 2.05) is 0 Å². The third-order valence-corrected chi connectivity index (χ3v) is 2.55. The van der Waals surface area contributed by atoms with E-state index in [-0.39, 0.29) is 11.3 Å². The van der Waals surface area contributed by atoms with E-state index < -0.39 is 6.43 Å². The number of aromatic amines is 1. The Bertz CT molecular complexity index is 498. The maximum Gasteiger partial charge on any atom is 0.264 e. The molecule has 0 bridgehead atoms. The summed E-state index contributed by atoms with van der Waals surface area (Å²) in [6.45, 7) is 0. The standard InChI is InChI=1S/C9H7BrF2N2O/c10-3-7-13-5-1-4(9(11)12)2-6(15)8(5)14-7/h1-2,9,15H,3H2,(H,13,14). The highest BCUT2D eigenvalue weighted by atomic mass is 79.9. The number of aromatic hydroxyl groups is 1. The molecular formula is C9H7BrF2N2O. The Labute approximate surface area is 92.3 Å². The first-order valence-electron chi connectivity index (χ1n) is 4.17. The molecule has 0 spiro atoms. The molecule has 0 amide bonds. The van der Waals surface area contributed by atoms with E-state index in [2.05, 4.69) is 25.9 Å². The van der Waals surface area contributed by atoms with Crippen LogP contribution >= 0.6 is 15.9 Å². The summed E-state index contributed by atoms with van der Waals surface area (Å²) in [5.74, 6) is 0.359. The van der Waals surface area contributed by atoms with Gasteiger partial charge in [-0.1, -0.05) is 15.9 Å². The molecule has 1 aromatic carbocycles. The van der Waals surface area contributed by atoms with Crippen LogP contribution in [0.4, 0.5) is 8.78 Å². The van der Waals surface area contributed by atoms with Gasteiger partial charge in [-0.3, -0.25) is 0 Å². The van der Waals surface area contributed by atoms with Crippen molar-refractivity contribution in [3.63, 3.8) is 0 Å². The van der Waals surface area contributed by atoms with Gasteiger partial charge in [-0.15, -0.1) is 0 Å². The number of fused-ring (bicyclic) bond motifs is 1. The van der Waals surface area contributed by atoms with Gasteiger partial charge in [-0.2, -0.15) is 0 Å². The number of alkyl halides is 3. The number of nitrogens with zero attached hydrogens (tertiary/aromatic N) is 1. The van der Waals surface area contributed by atoms with Gasteiger partial charge < -0.3 is 10.1 Å². The molecular weight excluding hydrogens is 270 g/mol. The molecule has 0 atom stereocenters. The topological polar surface area (TPSA) is 48.9 Å². The largest absolute Gasteiger partial charge is 0.506 e. The third kappa shape index (κ3) is 1.81. The maximum atomic E-state index is 12.4. The fourth-order valence-corrected chi connectivity index (χ4v) is 1.63. The van der Waals surface area contributed by atoms with Gasteiger partial charge >= 0.3 is 0 Å². The number of rotatable bonds is 2. The first-order valence-corrected chi connectivity index (χ1v) is 5.29. The van der Waals surface area contributed by atoms with Crippen LogP contribution < -0.4 is 0 Å². The average molecular weight is 277 g/mol. The lowest BCUT2D eigenvalue weighted by Crippen LogP contribution is -1.84. The van der Waals surface area contributed by atoms with Gasteiger partial charge in [0, 0.05) is 5.56 Å². The Morgan fingerprint density at radius 3 is 2.80 bits per heavy atom. The van der Waals surface area contributed by atoms with E-state index in [1.165, 1.54) is 6.07 Å². The number of halogens is 3. The molecule has 0 aliphatic rings. The number of phenols is 1. The fraction of sp³-hybridized carbons (Fsp3) is 0.222. The summed E-state index contributed by atoms with van der Waals surface area (Å²) in [6.07, 6.45) is -2.60. The minimum absolute atomic E-state index is 0.218. The Kier molecular flexibility index (Phi) is 2.60. The molecule has 0 unspecified atom stereocenters. The van der Waals surface area contributed by atoms with Crippen molar-refractivity contribution in [2.45, 2.75) is 11.8 Å². The van der Waals surface area contributed by atoms with E-state index in [4.69, 9.17) is 0 Å². The second kappa shape index (κ2) is 3.77. The van der Waals surface area contributed by atoms with Crippen LogP contribution in [0.15, 0.2) is 12.1 Å². The van der Waals surface area contributed by atoms with Crippen LogP contribution in [0.25, 0.3) is 11.0 Å². The Morgan fingerprint density at radius 1 is 1.47 bits per heavy atom. The van der Waals surface area contributed by atoms with Crippen LogP contribution in [0, 0.1) is 0 Å². The first kappa shape index (κ1) is 10.4. The van der Waals surface area contributed by atoms with Crippen molar-refractivity contribution >= 4 is 27.0 Å². The molecule has 0 radical (unpaired) electrons. The quantitative estimate of drug-likeness (QED) is 0.828. The van der Waals surface area contributed by atoms with Crippen LogP contribution in [0.1, 0.15) is 17.8 Å². The van der Waals surface area contributed by atoms with Crippen molar-refractivity contribution in [1.82, 2.24) is 9.97 Å². The summed E-state index contributed by atoms with van der Waals surface area (Å²) in [6, 6.07) is 2.32. The van der Waals surface area contributed by atoms with E-state index in [0.29, 0.717) is 22.2 Å². The summed E-state index contributed by atoms with van der Waals surface area (Å²) < 4.78 is 24.8. The van der Waals surface area contributed by atoms with Crippen molar-refractivity contribution in [1.29, 1.82) is 0 Å². The van der Waals surface area contributed by atoms with Gasteiger partial charge in [-0.05, 0) is 12.1 Å². The van der Waals surface area contributed by atoms with Crippen LogP contribution in [0.5, 0.6) is 5.75 Å². The van der Waals surface area contributed by atoms with E-state index in [0.717, 1.165) is 6.07 Å². The normalized spacial score (nSPS) is 11.5. The number of imidazole rings is 1. The lowest BCUT2D eigenvalue weighted by atomic mass is 10.2. The Morgan fingerprint density at radius 2 is 2.20 bits per heavy atom. The molecule has 80 valence electrons. The lowest BCUT2D eigenvalue weighted by Gasteiger charge is -2.00. The first-order chi connectivity index (χ1) is 7.11. The summed E-state index contributed by atoms with van der Waals surface area (Å²) in [5, 5.41) is 9.96. The van der Waals surface area contributed by atoms with E-state index in [9.17, 15) is 13.9 Å². The summed E-state index contributed by atoms with van der Waals surface area (Å²) >= 11 is 3.18. The molecule has 15 heavy (non-hydrogen) atoms. The van der Waals surface area contributed by atoms with Crippen LogP contribution in [-0.2, 0) is 5.33 Å². The summed E-state index contributed by atoms with van der Waals surface area (Å²) in [4.78, 5) is 6.86. The van der Waals surface area contributed by atoms with Crippen LogP contribution in [-0.4, -0.2) is 15.1 Å². The van der Waals surface area contributed by atoms with Gasteiger partial charge in [0.1, 0.15) is 17.1 Å². The minimum atomic E-state index is -2.60. The molecule has 1 aromatic heterocycles. The smallest absolute Gasteiger partial charge is 0.264 e. The molecule has 0 aliphatic carbocycles.